The number of alkyl halides is 3. The van der Waals surface area contributed by atoms with Crippen molar-refractivity contribution in [3.8, 4) is 0 Å². The molecule has 1 aliphatic heterocycles. The number of carbonyl (C=O) groups excluding carboxylic acids is 1. The number of Topliss-reactive ketones (excluding diaryl/α,β-unsaturated/α-hetero) is 1. The summed E-state index contributed by atoms with van der Waals surface area (Å²) in [6.07, 6.45) is -4.16. The number of halogens is 3. The van der Waals surface area contributed by atoms with Crippen LogP contribution in [0.1, 0.15) is 22.5 Å². The number of para-hydroxylation sites is 1. The lowest BCUT2D eigenvalue weighted by Gasteiger charge is -2.08. The highest BCUT2D eigenvalue weighted by atomic mass is 19.4. The van der Waals surface area contributed by atoms with Gasteiger partial charge in [0.2, 0.25) is 0 Å². The second-order valence-corrected chi connectivity index (χ2v) is 4.72. The van der Waals surface area contributed by atoms with Crippen LogP contribution in [0.5, 0.6) is 0 Å². The highest BCUT2D eigenvalue weighted by Crippen LogP contribution is 2.33. The summed E-state index contributed by atoms with van der Waals surface area (Å²) in [5, 5.41) is 0.343. The van der Waals surface area contributed by atoms with Crippen molar-refractivity contribution in [2.24, 2.45) is 0 Å². The lowest BCUT2D eigenvalue weighted by molar-refractivity contribution is -0.0885. The van der Waals surface area contributed by atoms with Gasteiger partial charge >= 0.3 is 6.18 Å². The van der Waals surface area contributed by atoms with E-state index in [0.717, 1.165) is 0 Å². The van der Waals surface area contributed by atoms with Crippen LogP contribution in [0.25, 0.3) is 10.9 Å². The van der Waals surface area contributed by atoms with Crippen molar-refractivity contribution in [1.82, 2.24) is 4.57 Å². The minimum absolute atomic E-state index is 0.0336. The summed E-state index contributed by atoms with van der Waals surface area (Å²) in [6, 6.07) is 6.67. The standard InChI is InChI=1S/C14H12F3NO2/c15-14(16,17)13(19)12-9-4-1-2-5-10(9)18-6-3-7-20-8-11(12)18/h1-2,4-5H,3,6-8H2. The van der Waals surface area contributed by atoms with Gasteiger partial charge in [-0.1, -0.05) is 18.2 Å². The zero-order valence-corrected chi connectivity index (χ0v) is 10.5. The fraction of sp³-hybridized carbons (Fsp3) is 0.357. The second kappa shape index (κ2) is 4.63. The van der Waals surface area contributed by atoms with Crippen molar-refractivity contribution in [3.63, 3.8) is 0 Å². The van der Waals surface area contributed by atoms with Gasteiger partial charge in [-0.25, -0.2) is 0 Å². The monoisotopic (exact) mass is 283 g/mol. The number of aromatic nitrogens is 1. The van der Waals surface area contributed by atoms with E-state index in [4.69, 9.17) is 4.74 Å². The number of benzene rings is 1. The minimum Gasteiger partial charge on any atom is -0.375 e. The molecular formula is C14H12F3NO2. The van der Waals surface area contributed by atoms with Gasteiger partial charge < -0.3 is 9.30 Å². The zero-order valence-electron chi connectivity index (χ0n) is 10.5. The molecule has 0 saturated heterocycles. The normalized spacial score (nSPS) is 15.9. The van der Waals surface area contributed by atoms with Crippen molar-refractivity contribution < 1.29 is 22.7 Å². The summed E-state index contributed by atoms with van der Waals surface area (Å²) < 4.78 is 45.5. The molecule has 0 fully saturated rings. The highest BCUT2D eigenvalue weighted by molar-refractivity contribution is 6.12. The molecule has 2 heterocycles. The van der Waals surface area contributed by atoms with Gasteiger partial charge in [0.25, 0.3) is 5.78 Å². The van der Waals surface area contributed by atoms with Crippen LogP contribution < -0.4 is 0 Å². The Morgan fingerprint density at radius 1 is 1.25 bits per heavy atom. The molecule has 0 saturated carbocycles. The molecule has 0 atom stereocenters. The van der Waals surface area contributed by atoms with Crippen molar-refractivity contribution in [2.75, 3.05) is 6.61 Å². The van der Waals surface area contributed by atoms with Gasteiger partial charge in [-0.3, -0.25) is 4.79 Å². The van der Waals surface area contributed by atoms with Crippen molar-refractivity contribution in [3.05, 3.63) is 35.5 Å². The first-order valence-electron chi connectivity index (χ1n) is 6.29. The van der Waals surface area contributed by atoms with E-state index in [2.05, 4.69) is 0 Å². The van der Waals surface area contributed by atoms with Gasteiger partial charge in [0.05, 0.1) is 17.9 Å². The van der Waals surface area contributed by atoms with Crippen LogP contribution in [0.15, 0.2) is 24.3 Å². The van der Waals surface area contributed by atoms with E-state index in [1.807, 2.05) is 0 Å². The molecule has 0 N–H and O–H groups in total. The summed E-state index contributed by atoms with van der Waals surface area (Å²) in [4.78, 5) is 11.7. The average molecular weight is 283 g/mol. The first kappa shape index (κ1) is 13.2. The van der Waals surface area contributed by atoms with Crippen LogP contribution in [0.2, 0.25) is 0 Å². The van der Waals surface area contributed by atoms with Crippen LogP contribution in [-0.2, 0) is 17.9 Å². The molecule has 0 bridgehead atoms. The summed E-state index contributed by atoms with van der Waals surface area (Å²) in [6.45, 7) is 1.07. The van der Waals surface area contributed by atoms with Gasteiger partial charge in [-0.15, -0.1) is 0 Å². The molecule has 3 rings (SSSR count). The molecule has 20 heavy (non-hydrogen) atoms. The lowest BCUT2D eigenvalue weighted by Crippen LogP contribution is -2.24. The predicted molar refractivity (Wildman–Crippen MR) is 66.6 cm³/mol. The van der Waals surface area contributed by atoms with Crippen LogP contribution >= 0.6 is 0 Å². The number of aryl methyl sites for hydroxylation is 1. The molecule has 2 aromatic rings. The van der Waals surface area contributed by atoms with E-state index in [1.54, 1.807) is 28.8 Å². The number of ether oxygens (including phenoxy) is 1. The summed E-state index contributed by atoms with van der Waals surface area (Å²) in [5.41, 5.74) is 0.710. The van der Waals surface area contributed by atoms with Crippen LogP contribution in [0.4, 0.5) is 13.2 Å². The summed E-state index contributed by atoms with van der Waals surface area (Å²) in [5.74, 6) is -1.80. The molecule has 106 valence electrons. The number of rotatable bonds is 1. The number of hydrogen-bond acceptors (Lipinski definition) is 2. The van der Waals surface area contributed by atoms with E-state index in [1.165, 1.54) is 0 Å². The van der Waals surface area contributed by atoms with Crippen LogP contribution in [0, 0.1) is 0 Å². The quantitative estimate of drug-likeness (QED) is 0.752. The maximum atomic E-state index is 12.8. The first-order chi connectivity index (χ1) is 9.50. The Labute approximate surface area is 112 Å². The molecule has 1 aromatic heterocycles. The predicted octanol–water partition coefficient (Wildman–Crippen LogP) is 3.31. The fourth-order valence-electron chi connectivity index (χ4n) is 2.65. The van der Waals surface area contributed by atoms with Gasteiger partial charge in [0.1, 0.15) is 0 Å². The van der Waals surface area contributed by atoms with E-state index >= 15 is 0 Å². The Morgan fingerprint density at radius 2 is 2.00 bits per heavy atom. The highest BCUT2D eigenvalue weighted by Gasteiger charge is 2.42. The first-order valence-corrected chi connectivity index (χ1v) is 6.29. The average Bonchev–Trinajstić information content (AvgIpc) is 2.56. The fourth-order valence-corrected chi connectivity index (χ4v) is 2.65. The van der Waals surface area contributed by atoms with E-state index < -0.39 is 12.0 Å². The van der Waals surface area contributed by atoms with Crippen molar-refractivity contribution in [2.45, 2.75) is 25.7 Å². The summed E-state index contributed by atoms with van der Waals surface area (Å²) >= 11 is 0. The third-order valence-corrected chi connectivity index (χ3v) is 3.47. The number of ketones is 1. The number of hydrogen-bond donors (Lipinski definition) is 0. The van der Waals surface area contributed by atoms with Gasteiger partial charge in [-0.2, -0.15) is 13.2 Å². The molecule has 0 aliphatic carbocycles. The van der Waals surface area contributed by atoms with E-state index in [9.17, 15) is 18.0 Å². The van der Waals surface area contributed by atoms with Crippen LogP contribution in [0.3, 0.4) is 0 Å². The Morgan fingerprint density at radius 3 is 2.75 bits per heavy atom. The number of nitrogens with zero attached hydrogens (tertiary/aromatic N) is 1. The molecule has 6 heteroatoms. The molecule has 1 aliphatic rings. The van der Waals surface area contributed by atoms with Gasteiger partial charge in [0, 0.05) is 24.1 Å². The van der Waals surface area contributed by atoms with Crippen molar-refractivity contribution >= 4 is 16.7 Å². The Kier molecular flexibility index (Phi) is 3.05. The third-order valence-electron chi connectivity index (χ3n) is 3.47. The largest absolute Gasteiger partial charge is 0.454 e. The van der Waals surface area contributed by atoms with E-state index in [0.29, 0.717) is 36.2 Å². The maximum Gasteiger partial charge on any atom is 0.454 e. The molecule has 0 amide bonds. The Bertz CT molecular complexity index is 673. The smallest absolute Gasteiger partial charge is 0.375 e. The second-order valence-electron chi connectivity index (χ2n) is 4.72. The van der Waals surface area contributed by atoms with Crippen molar-refractivity contribution in [1.29, 1.82) is 0 Å². The summed E-state index contributed by atoms with van der Waals surface area (Å²) in [7, 11) is 0. The van der Waals surface area contributed by atoms with Gasteiger partial charge in [-0.05, 0) is 12.5 Å². The molecule has 3 nitrogen and oxygen atoms in total. The molecule has 0 unspecified atom stereocenters. The SMILES string of the molecule is O=C(c1c2n(c3ccccc13)CCCOC2)C(F)(F)F. The third kappa shape index (κ3) is 2.00. The minimum atomic E-state index is -4.88. The molecular weight excluding hydrogens is 271 g/mol. The Hall–Kier alpha value is -1.82. The maximum absolute atomic E-state index is 12.8. The van der Waals surface area contributed by atoms with Gasteiger partial charge in [0.15, 0.2) is 0 Å². The molecule has 0 radical (unpaired) electrons. The Balaban J connectivity index is 2.30. The number of carbonyl (C=O) groups is 1. The number of fused-ring (bicyclic) bond motifs is 3. The molecule has 0 spiro atoms. The zero-order chi connectivity index (χ0) is 14.3. The van der Waals surface area contributed by atoms with E-state index in [-0.39, 0.29) is 12.2 Å². The topological polar surface area (TPSA) is 31.2 Å². The lowest BCUT2D eigenvalue weighted by atomic mass is 10.1. The molecule has 1 aromatic carbocycles. The van der Waals surface area contributed by atoms with Crippen LogP contribution in [-0.4, -0.2) is 23.1 Å².